The number of nitrogens with one attached hydrogen (secondary N) is 1. The molecule has 0 amide bonds. The topological polar surface area (TPSA) is 49.4 Å². The van der Waals surface area contributed by atoms with E-state index in [2.05, 4.69) is 17.1 Å². The lowest BCUT2D eigenvalue weighted by molar-refractivity contribution is -0.108. The Kier molecular flexibility index (Phi) is 11.8. The molecule has 0 atom stereocenters. The van der Waals surface area contributed by atoms with Gasteiger partial charge in [0, 0.05) is 25.9 Å². The molecular weight excluding hydrogens is 204 g/mol. The molecular formula is C12H24N2O2. The molecule has 4 heteroatoms. The number of hydrogen-bond donors (Lipinski definition) is 1. The zero-order valence-electron chi connectivity index (χ0n) is 10.3. The number of carbonyl (C=O) groups is 2. The van der Waals surface area contributed by atoms with E-state index in [1.165, 1.54) is 0 Å². The van der Waals surface area contributed by atoms with Crippen LogP contribution in [0.5, 0.6) is 0 Å². The van der Waals surface area contributed by atoms with Crippen LogP contribution >= 0.6 is 0 Å². The van der Waals surface area contributed by atoms with Crippen LogP contribution < -0.4 is 5.32 Å². The predicted octanol–water partition coefficient (Wildman–Crippen LogP) is 0.856. The van der Waals surface area contributed by atoms with Crippen molar-refractivity contribution < 1.29 is 9.59 Å². The highest BCUT2D eigenvalue weighted by molar-refractivity contribution is 5.49. The molecule has 0 aliphatic carbocycles. The average Bonchev–Trinajstić information content (AvgIpc) is 2.30. The first-order chi connectivity index (χ1) is 7.85. The summed E-state index contributed by atoms with van der Waals surface area (Å²) in [6.45, 7) is 6.81. The molecule has 0 fully saturated rings. The Labute approximate surface area is 98.4 Å². The Balaban J connectivity index is 3.43. The molecule has 0 rings (SSSR count). The summed E-state index contributed by atoms with van der Waals surface area (Å²) >= 11 is 0. The summed E-state index contributed by atoms with van der Waals surface area (Å²) in [7, 11) is 0. The Hall–Kier alpha value is -0.740. The minimum absolute atomic E-state index is 0.587. The van der Waals surface area contributed by atoms with E-state index in [9.17, 15) is 9.59 Å². The van der Waals surface area contributed by atoms with Crippen molar-refractivity contribution in [2.75, 3.05) is 32.7 Å². The van der Waals surface area contributed by atoms with Gasteiger partial charge in [-0.3, -0.25) is 0 Å². The van der Waals surface area contributed by atoms with Gasteiger partial charge >= 0.3 is 0 Å². The van der Waals surface area contributed by atoms with Crippen molar-refractivity contribution in [3.63, 3.8) is 0 Å². The third-order valence-corrected chi connectivity index (χ3v) is 2.37. The summed E-state index contributed by atoms with van der Waals surface area (Å²) in [5.74, 6) is 0. The van der Waals surface area contributed by atoms with Crippen LogP contribution in [-0.4, -0.2) is 50.2 Å². The quantitative estimate of drug-likeness (QED) is 0.397. The van der Waals surface area contributed by atoms with E-state index in [1.807, 2.05) is 0 Å². The molecule has 0 saturated heterocycles. The van der Waals surface area contributed by atoms with E-state index in [4.69, 9.17) is 0 Å². The summed E-state index contributed by atoms with van der Waals surface area (Å²) in [5, 5.41) is 3.21. The van der Waals surface area contributed by atoms with Crippen LogP contribution in [0.15, 0.2) is 0 Å². The van der Waals surface area contributed by atoms with Crippen LogP contribution in [0, 0.1) is 0 Å². The van der Waals surface area contributed by atoms with Gasteiger partial charge in [-0.2, -0.15) is 0 Å². The van der Waals surface area contributed by atoms with Gasteiger partial charge in [-0.15, -0.1) is 0 Å². The standard InChI is InChI=1S/C12H24N2O2/c1-2-8-14(10-5-12-16)9-3-6-13-7-4-11-15/h11-13H,2-10H2,1H3. The van der Waals surface area contributed by atoms with Crippen molar-refractivity contribution in [3.05, 3.63) is 0 Å². The van der Waals surface area contributed by atoms with Crippen LogP contribution in [0.2, 0.25) is 0 Å². The highest BCUT2D eigenvalue weighted by Crippen LogP contribution is 1.95. The SMILES string of the molecule is CCCN(CCC=O)CCCNCCC=O. The van der Waals surface area contributed by atoms with Crippen molar-refractivity contribution in [1.82, 2.24) is 10.2 Å². The Morgan fingerprint density at radius 1 is 1.00 bits per heavy atom. The van der Waals surface area contributed by atoms with Crippen LogP contribution in [0.3, 0.4) is 0 Å². The number of aldehydes is 2. The number of nitrogens with zero attached hydrogens (tertiary/aromatic N) is 1. The van der Waals surface area contributed by atoms with E-state index in [0.717, 1.165) is 58.1 Å². The second-order valence-electron chi connectivity index (χ2n) is 3.86. The summed E-state index contributed by atoms with van der Waals surface area (Å²) in [6, 6.07) is 0. The van der Waals surface area contributed by atoms with E-state index in [-0.39, 0.29) is 0 Å². The number of rotatable bonds is 12. The third-order valence-electron chi connectivity index (χ3n) is 2.37. The highest BCUT2D eigenvalue weighted by Gasteiger charge is 2.02. The molecule has 4 nitrogen and oxygen atoms in total. The Morgan fingerprint density at radius 2 is 1.75 bits per heavy atom. The van der Waals surface area contributed by atoms with Gasteiger partial charge in [-0.1, -0.05) is 6.92 Å². The second-order valence-corrected chi connectivity index (χ2v) is 3.86. The maximum Gasteiger partial charge on any atom is 0.121 e. The van der Waals surface area contributed by atoms with Gasteiger partial charge in [-0.05, 0) is 32.5 Å². The van der Waals surface area contributed by atoms with E-state index >= 15 is 0 Å². The van der Waals surface area contributed by atoms with Crippen molar-refractivity contribution in [3.8, 4) is 0 Å². The molecule has 0 heterocycles. The van der Waals surface area contributed by atoms with Crippen LogP contribution in [-0.2, 0) is 9.59 Å². The second kappa shape index (κ2) is 12.3. The summed E-state index contributed by atoms with van der Waals surface area (Å²) < 4.78 is 0. The van der Waals surface area contributed by atoms with E-state index in [0.29, 0.717) is 12.8 Å². The zero-order valence-corrected chi connectivity index (χ0v) is 10.3. The lowest BCUT2D eigenvalue weighted by atomic mass is 10.3. The minimum Gasteiger partial charge on any atom is -0.316 e. The third kappa shape index (κ3) is 9.80. The van der Waals surface area contributed by atoms with Gasteiger partial charge < -0.3 is 19.8 Å². The molecule has 0 aliphatic rings. The Bertz CT molecular complexity index is 174. The van der Waals surface area contributed by atoms with Crippen molar-refractivity contribution in [2.45, 2.75) is 32.6 Å². The summed E-state index contributed by atoms with van der Waals surface area (Å²) in [6.07, 6.45) is 5.31. The molecule has 0 aromatic rings. The summed E-state index contributed by atoms with van der Waals surface area (Å²) in [5.41, 5.74) is 0. The average molecular weight is 228 g/mol. The lowest BCUT2D eigenvalue weighted by Gasteiger charge is -2.20. The molecule has 0 spiro atoms. The van der Waals surface area contributed by atoms with Gasteiger partial charge in [-0.25, -0.2) is 0 Å². The van der Waals surface area contributed by atoms with Crippen molar-refractivity contribution >= 4 is 12.6 Å². The molecule has 0 aromatic heterocycles. The van der Waals surface area contributed by atoms with Crippen LogP contribution in [0.25, 0.3) is 0 Å². The first-order valence-electron chi connectivity index (χ1n) is 6.15. The minimum atomic E-state index is 0.587. The van der Waals surface area contributed by atoms with Crippen LogP contribution in [0.4, 0.5) is 0 Å². The first kappa shape index (κ1) is 15.3. The predicted molar refractivity (Wildman–Crippen MR) is 65.6 cm³/mol. The highest BCUT2D eigenvalue weighted by atomic mass is 16.1. The molecule has 0 unspecified atom stereocenters. The van der Waals surface area contributed by atoms with Gasteiger partial charge in [0.05, 0.1) is 0 Å². The molecule has 16 heavy (non-hydrogen) atoms. The van der Waals surface area contributed by atoms with Gasteiger partial charge in [0.25, 0.3) is 0 Å². The monoisotopic (exact) mass is 228 g/mol. The maximum absolute atomic E-state index is 10.3. The maximum atomic E-state index is 10.3. The largest absolute Gasteiger partial charge is 0.316 e. The fourth-order valence-corrected chi connectivity index (χ4v) is 1.60. The molecule has 1 N–H and O–H groups in total. The zero-order chi connectivity index (χ0) is 12.1. The summed E-state index contributed by atoms with van der Waals surface area (Å²) in [4.78, 5) is 22.7. The molecule has 0 radical (unpaired) electrons. The molecule has 0 bridgehead atoms. The molecule has 0 aromatic carbocycles. The van der Waals surface area contributed by atoms with E-state index in [1.54, 1.807) is 0 Å². The first-order valence-corrected chi connectivity index (χ1v) is 6.15. The number of hydrogen-bond acceptors (Lipinski definition) is 4. The lowest BCUT2D eigenvalue weighted by Crippen LogP contribution is -2.29. The fourth-order valence-electron chi connectivity index (χ4n) is 1.60. The Morgan fingerprint density at radius 3 is 2.38 bits per heavy atom. The van der Waals surface area contributed by atoms with Gasteiger partial charge in [0.1, 0.15) is 12.6 Å². The number of carbonyl (C=O) groups excluding carboxylic acids is 2. The van der Waals surface area contributed by atoms with Gasteiger partial charge in [0.2, 0.25) is 0 Å². The molecule has 94 valence electrons. The van der Waals surface area contributed by atoms with Crippen molar-refractivity contribution in [2.24, 2.45) is 0 Å². The van der Waals surface area contributed by atoms with Gasteiger partial charge in [0.15, 0.2) is 0 Å². The molecule has 0 saturated carbocycles. The smallest absolute Gasteiger partial charge is 0.121 e. The normalized spacial score (nSPS) is 10.6. The fraction of sp³-hybridized carbons (Fsp3) is 0.833. The van der Waals surface area contributed by atoms with Crippen molar-refractivity contribution in [1.29, 1.82) is 0 Å². The molecule has 0 aliphatic heterocycles. The van der Waals surface area contributed by atoms with Crippen LogP contribution in [0.1, 0.15) is 32.6 Å². The van der Waals surface area contributed by atoms with E-state index < -0.39 is 0 Å².